The van der Waals surface area contributed by atoms with Crippen LogP contribution in [0.15, 0.2) is 0 Å². The summed E-state index contributed by atoms with van der Waals surface area (Å²) in [6.07, 6.45) is 1.11. The van der Waals surface area contributed by atoms with Crippen molar-refractivity contribution in [2.75, 3.05) is 27.9 Å². The van der Waals surface area contributed by atoms with Gasteiger partial charge < -0.3 is 19.3 Å². The van der Waals surface area contributed by atoms with Gasteiger partial charge in [0.2, 0.25) is 0 Å². The molecule has 5 heteroatoms. The third kappa shape index (κ3) is 4.68. The third-order valence-electron chi connectivity index (χ3n) is 1.57. The Labute approximate surface area is 92.3 Å². The van der Waals surface area contributed by atoms with E-state index in [1.54, 1.807) is 0 Å². The van der Waals surface area contributed by atoms with Gasteiger partial charge >= 0.3 is 0 Å². The second-order valence-electron chi connectivity index (χ2n) is 2.12. The van der Waals surface area contributed by atoms with Gasteiger partial charge in [0.25, 0.3) is 5.97 Å². The summed E-state index contributed by atoms with van der Waals surface area (Å²) in [5, 5.41) is 8.55. The Balaban J connectivity index is 0. The zero-order valence-electron chi connectivity index (χ0n) is 7.79. The zero-order chi connectivity index (χ0) is 8.74. The van der Waals surface area contributed by atoms with E-state index in [9.17, 15) is 0 Å². The van der Waals surface area contributed by atoms with E-state index in [-0.39, 0.29) is 32.8 Å². The molecule has 0 bridgehead atoms. The van der Waals surface area contributed by atoms with E-state index >= 15 is 0 Å². The maximum absolute atomic E-state index is 8.55. The minimum absolute atomic E-state index is 0. The predicted molar refractivity (Wildman–Crippen MR) is 40.1 cm³/mol. The Hall–Kier alpha value is 0.723. The number of hydrogen-bond donors (Lipinski definition) is 1. The number of rotatable bonds is 6. The molecule has 0 amide bonds. The van der Waals surface area contributed by atoms with E-state index in [0.29, 0.717) is 12.8 Å². The molecule has 4 nitrogen and oxygen atoms in total. The third-order valence-corrected chi connectivity index (χ3v) is 1.57. The monoisotopic (exact) mass is 254 g/mol. The van der Waals surface area contributed by atoms with Crippen molar-refractivity contribution in [1.82, 2.24) is 0 Å². The van der Waals surface area contributed by atoms with E-state index in [1.165, 1.54) is 21.3 Å². The summed E-state index contributed by atoms with van der Waals surface area (Å²) >= 11 is 0. The van der Waals surface area contributed by atoms with Crippen molar-refractivity contribution in [2.24, 2.45) is 0 Å². The van der Waals surface area contributed by atoms with E-state index in [1.807, 2.05) is 0 Å². The summed E-state index contributed by atoms with van der Waals surface area (Å²) in [6.45, 7) is 0.109. The van der Waals surface area contributed by atoms with E-state index in [2.05, 4.69) is 0 Å². The summed E-state index contributed by atoms with van der Waals surface area (Å²) < 4.78 is 14.9. The van der Waals surface area contributed by atoms with Crippen LogP contribution in [-0.2, 0) is 40.4 Å². The fraction of sp³-hybridized carbons (Fsp3) is 1.00. The Morgan fingerprint density at radius 2 is 1.50 bits per heavy atom. The van der Waals surface area contributed by atoms with E-state index in [0.717, 1.165) is 0 Å². The molecule has 72 valence electrons. The minimum Gasteiger partial charge on any atom is -0.396 e. The van der Waals surface area contributed by atoms with Crippen molar-refractivity contribution in [3.05, 3.63) is 0 Å². The number of aliphatic hydroxyl groups is 1. The molecule has 0 aliphatic carbocycles. The van der Waals surface area contributed by atoms with Crippen molar-refractivity contribution >= 4 is 0 Å². The van der Waals surface area contributed by atoms with Gasteiger partial charge in [0.05, 0.1) is 0 Å². The van der Waals surface area contributed by atoms with Gasteiger partial charge in [-0.25, -0.2) is 0 Å². The van der Waals surface area contributed by atoms with Crippen LogP contribution in [0.4, 0.5) is 0 Å². The number of methoxy groups -OCH3 is 3. The van der Waals surface area contributed by atoms with Crippen LogP contribution < -0.4 is 0 Å². The van der Waals surface area contributed by atoms with Gasteiger partial charge in [0.15, 0.2) is 0 Å². The van der Waals surface area contributed by atoms with Crippen LogP contribution in [0.2, 0.25) is 0 Å². The summed E-state index contributed by atoms with van der Waals surface area (Å²) in [5.74, 6) is -0.983. The van der Waals surface area contributed by atoms with Crippen molar-refractivity contribution in [1.29, 1.82) is 0 Å². The maximum atomic E-state index is 8.55. The van der Waals surface area contributed by atoms with Crippen molar-refractivity contribution in [3.8, 4) is 0 Å². The smallest absolute Gasteiger partial charge is 0.282 e. The molecule has 0 aliphatic rings. The summed E-state index contributed by atoms with van der Waals surface area (Å²) in [7, 11) is 4.51. The number of ether oxygens (including phenoxy) is 3. The first kappa shape index (κ1) is 15.2. The Morgan fingerprint density at radius 3 is 1.75 bits per heavy atom. The summed E-state index contributed by atoms with van der Waals surface area (Å²) in [5.41, 5.74) is 0. The standard InChI is InChI=1S/C7H16O4.Zr/c1-9-7(10-2,11-3)5-4-6-8;/h8H,4-6H2,1-3H3;. The van der Waals surface area contributed by atoms with Crippen LogP contribution in [0.25, 0.3) is 0 Å². The zero-order valence-corrected chi connectivity index (χ0v) is 10.3. The molecule has 0 unspecified atom stereocenters. The van der Waals surface area contributed by atoms with Gasteiger partial charge in [-0.05, 0) is 6.42 Å². The van der Waals surface area contributed by atoms with Crippen molar-refractivity contribution < 1.29 is 45.5 Å². The molecular weight excluding hydrogens is 239 g/mol. The second-order valence-corrected chi connectivity index (χ2v) is 2.12. The number of hydrogen-bond acceptors (Lipinski definition) is 4. The van der Waals surface area contributed by atoms with E-state index in [4.69, 9.17) is 19.3 Å². The molecule has 12 heavy (non-hydrogen) atoms. The topological polar surface area (TPSA) is 47.9 Å². The average Bonchev–Trinajstić information content (AvgIpc) is 2.08. The van der Waals surface area contributed by atoms with Crippen LogP contribution in [0, 0.1) is 0 Å². The van der Waals surface area contributed by atoms with Crippen LogP contribution >= 0.6 is 0 Å². The first-order chi connectivity index (χ1) is 5.24. The predicted octanol–water partition coefficient (Wildman–Crippen LogP) is 0.349. The molecule has 0 heterocycles. The molecule has 0 atom stereocenters. The normalized spacial score (nSPS) is 11.0. The minimum atomic E-state index is -0.983. The molecule has 1 N–H and O–H groups in total. The molecule has 0 spiro atoms. The van der Waals surface area contributed by atoms with Crippen molar-refractivity contribution in [2.45, 2.75) is 18.8 Å². The van der Waals surface area contributed by atoms with Gasteiger partial charge in [0, 0.05) is 60.6 Å². The van der Waals surface area contributed by atoms with Gasteiger partial charge in [-0.3, -0.25) is 0 Å². The molecule has 0 aliphatic heterocycles. The molecule has 0 fully saturated rings. The first-order valence-corrected chi connectivity index (χ1v) is 3.51. The molecule has 0 saturated heterocycles. The van der Waals surface area contributed by atoms with Crippen molar-refractivity contribution in [3.63, 3.8) is 0 Å². The average molecular weight is 255 g/mol. The molecule has 0 aromatic rings. The van der Waals surface area contributed by atoms with Crippen LogP contribution in [-0.4, -0.2) is 39.0 Å². The summed E-state index contributed by atoms with van der Waals surface area (Å²) in [4.78, 5) is 0. The van der Waals surface area contributed by atoms with Gasteiger partial charge in [-0.2, -0.15) is 0 Å². The molecule has 0 radical (unpaired) electrons. The first-order valence-electron chi connectivity index (χ1n) is 3.51. The molecular formula is C7H16O4Zr. The second kappa shape index (κ2) is 8.33. The number of aliphatic hydroxyl groups excluding tert-OH is 1. The fourth-order valence-corrected chi connectivity index (χ4v) is 0.852. The Kier molecular flexibility index (Phi) is 10.6. The SMILES string of the molecule is COC(CCCO)(OC)OC.[Zr]. The van der Waals surface area contributed by atoms with Crippen LogP contribution in [0.3, 0.4) is 0 Å². The quantitative estimate of drug-likeness (QED) is 0.696. The van der Waals surface area contributed by atoms with Gasteiger partial charge in [-0.15, -0.1) is 0 Å². The van der Waals surface area contributed by atoms with Gasteiger partial charge in [-0.1, -0.05) is 0 Å². The molecule has 0 aromatic carbocycles. The fourth-order valence-electron chi connectivity index (χ4n) is 0.852. The van der Waals surface area contributed by atoms with E-state index < -0.39 is 5.97 Å². The largest absolute Gasteiger partial charge is 0.396 e. The Morgan fingerprint density at radius 1 is 1.08 bits per heavy atom. The maximum Gasteiger partial charge on any atom is 0.282 e. The Bertz CT molecular complexity index is 87.1. The van der Waals surface area contributed by atoms with Crippen LogP contribution in [0.1, 0.15) is 12.8 Å². The summed E-state index contributed by atoms with van der Waals surface area (Å²) in [6, 6.07) is 0. The van der Waals surface area contributed by atoms with Gasteiger partial charge in [0.1, 0.15) is 0 Å². The molecule has 0 rings (SSSR count). The molecule has 0 saturated carbocycles. The molecule has 0 aromatic heterocycles. The van der Waals surface area contributed by atoms with Crippen LogP contribution in [0.5, 0.6) is 0 Å².